The average Bonchev–Trinajstić information content (AvgIpc) is 3.29. The van der Waals surface area contributed by atoms with Crippen LogP contribution in [0.4, 0.5) is 10.1 Å². The van der Waals surface area contributed by atoms with Crippen molar-refractivity contribution in [2.24, 2.45) is 5.92 Å². The van der Waals surface area contributed by atoms with E-state index < -0.39 is 0 Å². The Morgan fingerprint density at radius 2 is 2.19 bits per heavy atom. The van der Waals surface area contributed by atoms with Gasteiger partial charge in [-0.3, -0.25) is 4.79 Å². The van der Waals surface area contributed by atoms with E-state index in [0.717, 1.165) is 30.2 Å². The number of aromatic amines is 1. The van der Waals surface area contributed by atoms with Gasteiger partial charge in [-0.15, -0.1) is 0 Å². The highest BCUT2D eigenvalue weighted by Gasteiger charge is 2.24. The van der Waals surface area contributed by atoms with Crippen LogP contribution in [0.1, 0.15) is 22.5 Å². The van der Waals surface area contributed by atoms with Crippen molar-refractivity contribution in [1.82, 2.24) is 10.3 Å². The second-order valence-electron chi connectivity index (χ2n) is 7.13. The first-order valence-corrected chi connectivity index (χ1v) is 9.45. The molecule has 0 spiro atoms. The van der Waals surface area contributed by atoms with Crippen LogP contribution in [0.15, 0.2) is 42.5 Å². The molecule has 1 amide bonds. The van der Waals surface area contributed by atoms with Gasteiger partial charge in [0.1, 0.15) is 11.5 Å². The SMILES string of the molecule is Cc1ccc(Cl)cc1N1CCC(CNC(=O)c2cc3c(F)cccc3[nH]2)C1. The summed E-state index contributed by atoms with van der Waals surface area (Å²) < 4.78 is 13.8. The lowest BCUT2D eigenvalue weighted by atomic mass is 10.1. The topological polar surface area (TPSA) is 48.1 Å². The van der Waals surface area contributed by atoms with Gasteiger partial charge in [0.2, 0.25) is 0 Å². The number of benzene rings is 2. The molecule has 1 unspecified atom stereocenters. The van der Waals surface area contributed by atoms with Crippen LogP contribution in [0.3, 0.4) is 0 Å². The van der Waals surface area contributed by atoms with E-state index >= 15 is 0 Å². The summed E-state index contributed by atoms with van der Waals surface area (Å²) in [6.07, 6.45) is 1.01. The number of nitrogens with zero attached hydrogens (tertiary/aromatic N) is 1. The molecule has 1 saturated heterocycles. The van der Waals surface area contributed by atoms with Crippen molar-refractivity contribution in [3.63, 3.8) is 0 Å². The molecule has 3 aromatic rings. The second-order valence-corrected chi connectivity index (χ2v) is 7.56. The first-order valence-electron chi connectivity index (χ1n) is 9.08. The first-order chi connectivity index (χ1) is 13.0. The monoisotopic (exact) mass is 385 g/mol. The standard InChI is InChI=1S/C21H21ClFN3O/c1-13-5-6-15(22)9-20(13)26-8-7-14(12-26)11-24-21(27)19-10-16-17(23)3-2-4-18(16)25-19/h2-6,9-10,14,25H,7-8,11-12H2,1H3,(H,24,27). The fourth-order valence-electron chi connectivity index (χ4n) is 3.71. The molecule has 2 N–H and O–H groups in total. The number of carbonyl (C=O) groups excluding carboxylic acids is 1. The van der Waals surface area contributed by atoms with Gasteiger partial charge in [0, 0.05) is 41.2 Å². The molecule has 1 aromatic heterocycles. The van der Waals surface area contributed by atoms with Crippen molar-refractivity contribution in [1.29, 1.82) is 0 Å². The summed E-state index contributed by atoms with van der Waals surface area (Å²) in [6.45, 7) is 4.49. The van der Waals surface area contributed by atoms with Crippen molar-refractivity contribution >= 4 is 34.1 Å². The summed E-state index contributed by atoms with van der Waals surface area (Å²) in [5.74, 6) is -0.164. The number of fused-ring (bicyclic) bond motifs is 1. The number of hydrogen-bond donors (Lipinski definition) is 2. The van der Waals surface area contributed by atoms with Gasteiger partial charge in [-0.2, -0.15) is 0 Å². The molecule has 2 heterocycles. The van der Waals surface area contributed by atoms with Gasteiger partial charge in [0.05, 0.1) is 0 Å². The lowest BCUT2D eigenvalue weighted by molar-refractivity contribution is 0.0944. The molecule has 1 atom stereocenters. The molecular weight excluding hydrogens is 365 g/mol. The Labute approximate surface area is 162 Å². The van der Waals surface area contributed by atoms with Crippen molar-refractivity contribution in [3.8, 4) is 0 Å². The van der Waals surface area contributed by atoms with Gasteiger partial charge < -0.3 is 15.2 Å². The lowest BCUT2D eigenvalue weighted by Gasteiger charge is -2.21. The van der Waals surface area contributed by atoms with Crippen LogP contribution >= 0.6 is 11.6 Å². The number of aromatic nitrogens is 1. The minimum absolute atomic E-state index is 0.206. The predicted molar refractivity (Wildman–Crippen MR) is 107 cm³/mol. The minimum atomic E-state index is -0.328. The van der Waals surface area contributed by atoms with E-state index in [0.29, 0.717) is 29.1 Å². The Hall–Kier alpha value is -2.53. The molecule has 4 rings (SSSR count). The third-order valence-corrected chi connectivity index (χ3v) is 5.44. The van der Waals surface area contributed by atoms with Gasteiger partial charge in [-0.1, -0.05) is 23.7 Å². The summed E-state index contributed by atoms with van der Waals surface area (Å²) in [5, 5.41) is 4.14. The summed E-state index contributed by atoms with van der Waals surface area (Å²) in [5.41, 5.74) is 3.37. The van der Waals surface area contributed by atoms with E-state index in [2.05, 4.69) is 22.1 Å². The van der Waals surface area contributed by atoms with Crippen molar-refractivity contribution in [2.75, 3.05) is 24.5 Å². The number of rotatable bonds is 4. The smallest absolute Gasteiger partial charge is 0.267 e. The van der Waals surface area contributed by atoms with Gasteiger partial charge in [-0.05, 0) is 55.2 Å². The minimum Gasteiger partial charge on any atom is -0.371 e. The van der Waals surface area contributed by atoms with Gasteiger partial charge in [0.15, 0.2) is 0 Å². The number of aryl methyl sites for hydroxylation is 1. The lowest BCUT2D eigenvalue weighted by Crippen LogP contribution is -2.31. The maximum Gasteiger partial charge on any atom is 0.267 e. The number of nitrogens with one attached hydrogen (secondary N) is 2. The van der Waals surface area contributed by atoms with E-state index in [1.165, 1.54) is 11.6 Å². The van der Waals surface area contributed by atoms with Gasteiger partial charge >= 0.3 is 0 Å². The second kappa shape index (κ2) is 7.24. The molecule has 0 aliphatic carbocycles. The molecule has 140 valence electrons. The van der Waals surface area contributed by atoms with Crippen LogP contribution in [0, 0.1) is 18.7 Å². The number of halogens is 2. The van der Waals surface area contributed by atoms with E-state index in [4.69, 9.17) is 11.6 Å². The molecule has 4 nitrogen and oxygen atoms in total. The fraction of sp³-hybridized carbons (Fsp3) is 0.286. The van der Waals surface area contributed by atoms with E-state index in [-0.39, 0.29) is 11.7 Å². The van der Waals surface area contributed by atoms with Crippen LogP contribution in [-0.2, 0) is 0 Å². The maximum atomic E-state index is 13.8. The number of carbonyl (C=O) groups is 1. The zero-order valence-electron chi connectivity index (χ0n) is 15.1. The fourth-order valence-corrected chi connectivity index (χ4v) is 3.88. The summed E-state index contributed by atoms with van der Waals surface area (Å²) >= 11 is 6.13. The third kappa shape index (κ3) is 3.65. The highest BCUT2D eigenvalue weighted by atomic mass is 35.5. The molecule has 27 heavy (non-hydrogen) atoms. The van der Waals surface area contributed by atoms with Crippen LogP contribution in [0.5, 0.6) is 0 Å². The summed E-state index contributed by atoms with van der Waals surface area (Å²) in [4.78, 5) is 17.7. The number of amides is 1. The highest BCUT2D eigenvalue weighted by molar-refractivity contribution is 6.30. The molecule has 1 aliphatic heterocycles. The molecule has 2 aromatic carbocycles. The molecular formula is C21H21ClFN3O. The Morgan fingerprint density at radius 3 is 3.00 bits per heavy atom. The van der Waals surface area contributed by atoms with Crippen molar-refractivity contribution in [3.05, 3.63) is 64.6 Å². The molecule has 6 heteroatoms. The first kappa shape index (κ1) is 17.9. The molecule has 1 aliphatic rings. The number of anilines is 1. The maximum absolute atomic E-state index is 13.8. The van der Waals surface area contributed by atoms with Crippen LogP contribution in [0.25, 0.3) is 10.9 Å². The Kier molecular flexibility index (Phi) is 4.79. The quantitative estimate of drug-likeness (QED) is 0.693. The predicted octanol–water partition coefficient (Wildman–Crippen LogP) is 4.53. The van der Waals surface area contributed by atoms with Gasteiger partial charge in [0.25, 0.3) is 5.91 Å². The zero-order valence-corrected chi connectivity index (χ0v) is 15.8. The molecule has 0 radical (unpaired) electrons. The number of hydrogen-bond acceptors (Lipinski definition) is 2. The molecule has 1 fully saturated rings. The number of H-pyrrole nitrogens is 1. The molecule has 0 bridgehead atoms. The third-order valence-electron chi connectivity index (χ3n) is 5.20. The van der Waals surface area contributed by atoms with E-state index in [1.54, 1.807) is 18.2 Å². The molecule has 0 saturated carbocycles. The van der Waals surface area contributed by atoms with E-state index in [9.17, 15) is 9.18 Å². The van der Waals surface area contributed by atoms with Crippen LogP contribution in [0.2, 0.25) is 5.02 Å². The average molecular weight is 386 g/mol. The Balaban J connectivity index is 1.38. The Morgan fingerprint density at radius 1 is 1.33 bits per heavy atom. The summed E-state index contributed by atoms with van der Waals surface area (Å²) in [6, 6.07) is 12.3. The van der Waals surface area contributed by atoms with Crippen molar-refractivity contribution in [2.45, 2.75) is 13.3 Å². The van der Waals surface area contributed by atoms with E-state index in [1.807, 2.05) is 18.2 Å². The zero-order chi connectivity index (χ0) is 19.0. The normalized spacial score (nSPS) is 16.9. The van der Waals surface area contributed by atoms with Crippen molar-refractivity contribution < 1.29 is 9.18 Å². The van der Waals surface area contributed by atoms with Gasteiger partial charge in [-0.25, -0.2) is 4.39 Å². The summed E-state index contributed by atoms with van der Waals surface area (Å²) in [7, 11) is 0. The Bertz CT molecular complexity index is 1000. The largest absolute Gasteiger partial charge is 0.371 e. The highest BCUT2D eigenvalue weighted by Crippen LogP contribution is 2.29. The van der Waals surface area contributed by atoms with Crippen LogP contribution in [-0.4, -0.2) is 30.5 Å². The van der Waals surface area contributed by atoms with Crippen LogP contribution < -0.4 is 10.2 Å².